The molecular formula is C14H20FNO3S. The Labute approximate surface area is 119 Å². The van der Waals surface area contributed by atoms with Gasteiger partial charge in [-0.25, -0.2) is 17.5 Å². The summed E-state index contributed by atoms with van der Waals surface area (Å²) in [6, 6.07) is 2.48. The number of aliphatic hydroxyl groups is 1. The summed E-state index contributed by atoms with van der Waals surface area (Å²) < 4.78 is 40.9. The minimum Gasteiger partial charge on any atom is -0.392 e. The maximum absolute atomic E-state index is 13.7. The Bertz CT molecular complexity index is 609. The van der Waals surface area contributed by atoms with E-state index in [1.54, 1.807) is 0 Å². The van der Waals surface area contributed by atoms with E-state index in [1.807, 2.05) is 6.92 Å². The van der Waals surface area contributed by atoms with Gasteiger partial charge in [-0.2, -0.15) is 0 Å². The molecule has 1 fully saturated rings. The summed E-state index contributed by atoms with van der Waals surface area (Å²) in [6.07, 6.45) is 2.98. The van der Waals surface area contributed by atoms with Crippen LogP contribution in [0.15, 0.2) is 17.0 Å². The van der Waals surface area contributed by atoms with Gasteiger partial charge in [0.15, 0.2) is 0 Å². The van der Waals surface area contributed by atoms with Crippen LogP contribution in [0.3, 0.4) is 0 Å². The van der Waals surface area contributed by atoms with Crippen LogP contribution in [0, 0.1) is 18.2 Å². The first-order valence-corrected chi connectivity index (χ1v) is 8.21. The zero-order valence-corrected chi connectivity index (χ0v) is 12.6. The first-order chi connectivity index (χ1) is 9.33. The summed E-state index contributed by atoms with van der Waals surface area (Å²) in [7, 11) is -3.75. The van der Waals surface area contributed by atoms with Crippen molar-refractivity contribution in [1.29, 1.82) is 0 Å². The van der Waals surface area contributed by atoms with Gasteiger partial charge in [0.05, 0.1) is 11.5 Å². The smallest absolute Gasteiger partial charge is 0.240 e. The van der Waals surface area contributed by atoms with Gasteiger partial charge in [0.1, 0.15) is 5.82 Å². The van der Waals surface area contributed by atoms with Crippen molar-refractivity contribution in [2.24, 2.45) is 5.41 Å². The Kier molecular flexibility index (Phi) is 4.18. The molecule has 1 aliphatic rings. The highest BCUT2D eigenvalue weighted by molar-refractivity contribution is 7.89. The normalized spacial score (nSPS) is 17.2. The molecule has 0 unspecified atom stereocenters. The molecule has 0 bridgehead atoms. The predicted molar refractivity (Wildman–Crippen MR) is 74.2 cm³/mol. The fourth-order valence-electron chi connectivity index (χ4n) is 2.24. The first kappa shape index (κ1) is 15.4. The molecule has 0 atom stereocenters. The minimum absolute atomic E-state index is 0.0775. The largest absolute Gasteiger partial charge is 0.392 e. The second-order valence-electron chi connectivity index (χ2n) is 5.54. The predicted octanol–water partition coefficient (Wildman–Crippen LogP) is 2.09. The van der Waals surface area contributed by atoms with Crippen LogP contribution in [0.25, 0.3) is 0 Å². The molecule has 2 N–H and O–H groups in total. The quantitative estimate of drug-likeness (QED) is 0.845. The third-order valence-electron chi connectivity index (χ3n) is 4.17. The lowest BCUT2D eigenvalue weighted by Gasteiger charge is -2.15. The third-order valence-corrected chi connectivity index (χ3v) is 5.70. The molecule has 0 aromatic heterocycles. The lowest BCUT2D eigenvalue weighted by Crippen LogP contribution is -2.30. The van der Waals surface area contributed by atoms with Gasteiger partial charge in [0, 0.05) is 12.1 Å². The van der Waals surface area contributed by atoms with Crippen LogP contribution in [-0.2, 0) is 16.6 Å². The summed E-state index contributed by atoms with van der Waals surface area (Å²) in [5.41, 5.74) is 0.412. The van der Waals surface area contributed by atoms with Crippen molar-refractivity contribution in [1.82, 2.24) is 4.72 Å². The van der Waals surface area contributed by atoms with Gasteiger partial charge < -0.3 is 5.11 Å². The number of halogens is 1. The molecule has 112 valence electrons. The van der Waals surface area contributed by atoms with Crippen LogP contribution < -0.4 is 4.72 Å². The van der Waals surface area contributed by atoms with E-state index < -0.39 is 22.4 Å². The maximum Gasteiger partial charge on any atom is 0.240 e. The molecule has 1 aliphatic carbocycles. The number of sulfonamides is 1. The Hall–Kier alpha value is -0.980. The topological polar surface area (TPSA) is 66.4 Å². The van der Waals surface area contributed by atoms with E-state index in [4.69, 9.17) is 5.11 Å². The van der Waals surface area contributed by atoms with Crippen molar-refractivity contribution in [3.8, 4) is 0 Å². The van der Waals surface area contributed by atoms with E-state index >= 15 is 0 Å². The standard InChI is InChI=1S/C14H20FNO3S/c1-3-14(4-5-14)9-16-20(18,19)13-7-11(8-17)6-12(15)10(13)2/h6-7,16-17H,3-5,8-9H2,1-2H3. The number of hydrogen-bond donors (Lipinski definition) is 2. The summed E-state index contributed by atoms with van der Waals surface area (Å²) in [5.74, 6) is -0.617. The van der Waals surface area contributed by atoms with Gasteiger partial charge in [-0.05, 0) is 49.3 Å². The Morgan fingerprint density at radius 1 is 1.40 bits per heavy atom. The van der Waals surface area contributed by atoms with Gasteiger partial charge in [-0.15, -0.1) is 0 Å². The second kappa shape index (κ2) is 5.42. The maximum atomic E-state index is 13.7. The zero-order chi connectivity index (χ0) is 15.0. The number of rotatable bonds is 6. The van der Waals surface area contributed by atoms with Crippen molar-refractivity contribution in [2.75, 3.05) is 6.54 Å². The molecule has 0 spiro atoms. The molecule has 0 aliphatic heterocycles. The third kappa shape index (κ3) is 3.02. The monoisotopic (exact) mass is 301 g/mol. The highest BCUT2D eigenvalue weighted by Crippen LogP contribution is 2.48. The summed E-state index contributed by atoms with van der Waals surface area (Å²) in [5, 5.41) is 9.07. The molecule has 2 rings (SSSR count). The zero-order valence-electron chi connectivity index (χ0n) is 11.7. The van der Waals surface area contributed by atoms with E-state index in [0.717, 1.165) is 25.3 Å². The Morgan fingerprint density at radius 2 is 2.05 bits per heavy atom. The fourth-order valence-corrected chi connectivity index (χ4v) is 3.69. The van der Waals surface area contributed by atoms with Gasteiger partial charge in [0.2, 0.25) is 10.0 Å². The summed E-state index contributed by atoms with van der Waals surface area (Å²) in [4.78, 5) is -0.0894. The molecule has 0 amide bonds. The first-order valence-electron chi connectivity index (χ1n) is 6.73. The molecule has 1 aromatic rings. The molecule has 1 saturated carbocycles. The van der Waals surface area contributed by atoms with Gasteiger partial charge in [-0.3, -0.25) is 0 Å². The van der Waals surface area contributed by atoms with Crippen LogP contribution in [0.2, 0.25) is 0 Å². The number of aliphatic hydroxyl groups excluding tert-OH is 1. The minimum atomic E-state index is -3.75. The van der Waals surface area contributed by atoms with E-state index in [9.17, 15) is 12.8 Å². The second-order valence-corrected chi connectivity index (χ2v) is 7.27. The molecule has 20 heavy (non-hydrogen) atoms. The number of nitrogens with one attached hydrogen (secondary N) is 1. The van der Waals surface area contributed by atoms with Crippen LogP contribution in [0.4, 0.5) is 4.39 Å². The lowest BCUT2D eigenvalue weighted by molar-refractivity contribution is 0.281. The molecule has 1 aromatic carbocycles. The molecule has 6 heteroatoms. The SMILES string of the molecule is CCC1(CNS(=O)(=O)c2cc(CO)cc(F)c2C)CC1. The van der Waals surface area contributed by atoms with E-state index in [1.165, 1.54) is 13.0 Å². The average Bonchev–Trinajstić information content (AvgIpc) is 3.20. The number of hydrogen-bond acceptors (Lipinski definition) is 3. The number of benzene rings is 1. The summed E-state index contributed by atoms with van der Waals surface area (Å²) >= 11 is 0. The van der Waals surface area contributed by atoms with Crippen LogP contribution in [0.5, 0.6) is 0 Å². The molecule has 0 radical (unpaired) electrons. The summed E-state index contributed by atoms with van der Waals surface area (Å²) in [6.45, 7) is 3.46. The van der Waals surface area contributed by atoms with Crippen molar-refractivity contribution in [2.45, 2.75) is 44.6 Å². The van der Waals surface area contributed by atoms with Crippen LogP contribution in [-0.4, -0.2) is 20.1 Å². The van der Waals surface area contributed by atoms with Gasteiger partial charge in [0.25, 0.3) is 0 Å². The van der Waals surface area contributed by atoms with Gasteiger partial charge in [-0.1, -0.05) is 6.92 Å². The lowest BCUT2D eigenvalue weighted by atomic mass is 10.1. The Balaban J connectivity index is 2.27. The van der Waals surface area contributed by atoms with Crippen molar-refractivity contribution in [3.05, 3.63) is 29.1 Å². The van der Waals surface area contributed by atoms with Crippen LogP contribution in [0.1, 0.15) is 37.3 Å². The Morgan fingerprint density at radius 3 is 2.55 bits per heavy atom. The molecule has 0 saturated heterocycles. The van der Waals surface area contributed by atoms with Crippen molar-refractivity contribution < 1.29 is 17.9 Å². The highest BCUT2D eigenvalue weighted by atomic mass is 32.2. The van der Waals surface area contributed by atoms with Gasteiger partial charge >= 0.3 is 0 Å². The molecule has 0 heterocycles. The van der Waals surface area contributed by atoms with E-state index in [2.05, 4.69) is 4.72 Å². The molecular weight excluding hydrogens is 281 g/mol. The van der Waals surface area contributed by atoms with Crippen LogP contribution >= 0.6 is 0 Å². The van der Waals surface area contributed by atoms with Crippen molar-refractivity contribution in [3.63, 3.8) is 0 Å². The fraction of sp³-hybridized carbons (Fsp3) is 0.571. The average molecular weight is 301 g/mol. The highest BCUT2D eigenvalue weighted by Gasteiger charge is 2.41. The van der Waals surface area contributed by atoms with Crippen molar-refractivity contribution >= 4 is 10.0 Å². The van der Waals surface area contributed by atoms with E-state index in [-0.39, 0.29) is 21.4 Å². The van der Waals surface area contributed by atoms with E-state index in [0.29, 0.717) is 6.54 Å². The molecule has 4 nitrogen and oxygen atoms in total.